The Kier molecular flexibility index (Phi) is 4.38. The first-order valence-corrected chi connectivity index (χ1v) is 6.74. The Morgan fingerprint density at radius 1 is 1.21 bits per heavy atom. The van der Waals surface area contributed by atoms with Crippen molar-refractivity contribution in [3.63, 3.8) is 0 Å². The number of pyridine rings is 1. The molecule has 0 fully saturated rings. The van der Waals surface area contributed by atoms with Crippen molar-refractivity contribution in [3.8, 4) is 0 Å². The molecule has 4 heteroatoms. The number of benzene rings is 1. The molecule has 100 valence electrons. The van der Waals surface area contributed by atoms with Gasteiger partial charge in [0.25, 0.3) is 0 Å². The van der Waals surface area contributed by atoms with E-state index in [-0.39, 0.29) is 11.7 Å². The highest BCUT2D eigenvalue weighted by Crippen LogP contribution is 2.27. The number of alkyl halides is 1. The van der Waals surface area contributed by atoms with Crippen LogP contribution in [0.3, 0.4) is 0 Å². The summed E-state index contributed by atoms with van der Waals surface area (Å²) in [6, 6.07) is 9.54. The lowest BCUT2D eigenvalue weighted by molar-refractivity contribution is 0.608. The number of aryl methyl sites for hydroxylation is 1. The van der Waals surface area contributed by atoms with E-state index in [0.717, 1.165) is 5.69 Å². The van der Waals surface area contributed by atoms with Crippen molar-refractivity contribution in [1.82, 2.24) is 4.98 Å². The maximum atomic E-state index is 14.3. The molecule has 0 atom stereocenters. The molecule has 2 rings (SSSR count). The second-order valence-electron chi connectivity index (χ2n) is 4.32. The first kappa shape index (κ1) is 13.8. The highest BCUT2D eigenvalue weighted by Gasteiger charge is 2.16. The molecule has 2 aromatic rings. The average Bonchev–Trinajstić information content (AvgIpc) is 2.43. The predicted octanol–water partition coefficient (Wildman–Crippen LogP) is 4.43. The van der Waals surface area contributed by atoms with Crippen molar-refractivity contribution in [2.24, 2.45) is 0 Å². The van der Waals surface area contributed by atoms with Crippen LogP contribution in [0.4, 0.5) is 15.9 Å². The summed E-state index contributed by atoms with van der Waals surface area (Å²) in [5.41, 5.74) is 2.56. The first-order chi connectivity index (χ1) is 9.17. The molecule has 0 saturated carbocycles. The quantitative estimate of drug-likeness (QED) is 0.769. The Hall–Kier alpha value is -1.61. The van der Waals surface area contributed by atoms with Gasteiger partial charge in [0, 0.05) is 24.0 Å². The van der Waals surface area contributed by atoms with Crippen LogP contribution in [-0.4, -0.2) is 11.5 Å². The fourth-order valence-corrected chi connectivity index (χ4v) is 2.15. The fraction of sp³-hybridized carbons (Fsp3) is 0.267. The average molecular weight is 279 g/mol. The van der Waals surface area contributed by atoms with Crippen molar-refractivity contribution < 1.29 is 4.39 Å². The second kappa shape index (κ2) is 6.02. The molecule has 0 aliphatic carbocycles. The van der Waals surface area contributed by atoms with Crippen LogP contribution in [0.2, 0.25) is 0 Å². The van der Waals surface area contributed by atoms with Crippen LogP contribution >= 0.6 is 11.6 Å². The van der Waals surface area contributed by atoms with E-state index in [1.807, 2.05) is 43.0 Å². The summed E-state index contributed by atoms with van der Waals surface area (Å²) in [4.78, 5) is 5.99. The third-order valence-electron chi connectivity index (χ3n) is 3.01. The predicted molar refractivity (Wildman–Crippen MR) is 77.6 cm³/mol. The zero-order chi connectivity index (χ0) is 13.8. The van der Waals surface area contributed by atoms with E-state index in [0.29, 0.717) is 17.9 Å². The van der Waals surface area contributed by atoms with Gasteiger partial charge in [-0.2, -0.15) is 0 Å². The molecule has 0 saturated heterocycles. The fourth-order valence-electron chi connectivity index (χ4n) is 1.94. The van der Waals surface area contributed by atoms with E-state index in [1.54, 1.807) is 12.3 Å². The van der Waals surface area contributed by atoms with Gasteiger partial charge in [0.05, 0.1) is 5.88 Å². The van der Waals surface area contributed by atoms with Gasteiger partial charge in [0.1, 0.15) is 0 Å². The molecular formula is C15H16ClFN2. The molecule has 0 amide bonds. The molecular weight excluding hydrogens is 263 g/mol. The number of hydrogen-bond acceptors (Lipinski definition) is 2. The third kappa shape index (κ3) is 2.87. The molecule has 0 radical (unpaired) electrons. The maximum absolute atomic E-state index is 14.3. The third-order valence-corrected chi connectivity index (χ3v) is 3.30. The number of hydrogen-bond donors (Lipinski definition) is 0. The smallest absolute Gasteiger partial charge is 0.170 e. The maximum Gasteiger partial charge on any atom is 0.170 e. The zero-order valence-corrected chi connectivity index (χ0v) is 11.8. The monoisotopic (exact) mass is 278 g/mol. The highest BCUT2D eigenvalue weighted by atomic mass is 35.5. The van der Waals surface area contributed by atoms with Crippen LogP contribution in [0.5, 0.6) is 0 Å². The van der Waals surface area contributed by atoms with Crippen LogP contribution in [-0.2, 0) is 5.88 Å². The van der Waals surface area contributed by atoms with Crippen LogP contribution in [0.15, 0.2) is 36.5 Å². The van der Waals surface area contributed by atoms with Crippen molar-refractivity contribution >= 4 is 23.1 Å². The Morgan fingerprint density at radius 2 is 1.89 bits per heavy atom. The van der Waals surface area contributed by atoms with Crippen LogP contribution in [0.25, 0.3) is 0 Å². The van der Waals surface area contributed by atoms with Gasteiger partial charge in [-0.1, -0.05) is 17.7 Å². The molecule has 0 spiro atoms. The lowest BCUT2D eigenvalue weighted by Gasteiger charge is -2.23. The van der Waals surface area contributed by atoms with Crippen molar-refractivity contribution in [3.05, 3.63) is 53.5 Å². The summed E-state index contributed by atoms with van der Waals surface area (Å²) in [7, 11) is 0. The van der Waals surface area contributed by atoms with Crippen LogP contribution in [0, 0.1) is 12.7 Å². The summed E-state index contributed by atoms with van der Waals surface area (Å²) < 4.78 is 14.3. The minimum atomic E-state index is -0.347. The van der Waals surface area contributed by atoms with Crippen molar-refractivity contribution in [2.75, 3.05) is 11.4 Å². The van der Waals surface area contributed by atoms with E-state index >= 15 is 0 Å². The Labute approximate surface area is 117 Å². The SMILES string of the molecule is CCN(c1ccc(C)cc1)c1nccc(CCl)c1F. The Balaban J connectivity index is 2.45. The normalized spacial score (nSPS) is 10.5. The molecule has 0 unspecified atom stereocenters. The number of rotatable bonds is 4. The van der Waals surface area contributed by atoms with Crippen LogP contribution < -0.4 is 4.90 Å². The van der Waals surface area contributed by atoms with Gasteiger partial charge < -0.3 is 4.90 Å². The highest BCUT2D eigenvalue weighted by molar-refractivity contribution is 6.17. The first-order valence-electron chi connectivity index (χ1n) is 6.21. The van der Waals surface area contributed by atoms with E-state index in [2.05, 4.69) is 4.98 Å². The lowest BCUT2D eigenvalue weighted by atomic mass is 10.2. The summed E-state index contributed by atoms with van der Waals surface area (Å²) in [6.45, 7) is 4.63. The summed E-state index contributed by atoms with van der Waals surface area (Å²) in [5, 5.41) is 0. The van der Waals surface area contributed by atoms with Gasteiger partial charge in [0.2, 0.25) is 0 Å². The molecule has 19 heavy (non-hydrogen) atoms. The van der Waals surface area contributed by atoms with Gasteiger partial charge in [-0.25, -0.2) is 9.37 Å². The standard InChI is InChI=1S/C15H16ClFN2/c1-3-19(13-6-4-11(2)5-7-13)15-14(17)12(10-16)8-9-18-15/h4-9H,3,10H2,1-2H3. The summed E-state index contributed by atoms with van der Waals surface area (Å²) in [6.07, 6.45) is 1.59. The summed E-state index contributed by atoms with van der Waals surface area (Å²) >= 11 is 5.73. The van der Waals surface area contributed by atoms with Gasteiger partial charge in [-0.15, -0.1) is 11.6 Å². The number of halogens is 2. The molecule has 1 aromatic heterocycles. The van der Waals surface area contributed by atoms with E-state index < -0.39 is 0 Å². The van der Waals surface area contributed by atoms with Crippen molar-refractivity contribution in [2.45, 2.75) is 19.7 Å². The molecule has 0 bridgehead atoms. The minimum Gasteiger partial charge on any atom is -0.324 e. The number of aromatic nitrogens is 1. The largest absolute Gasteiger partial charge is 0.324 e. The van der Waals surface area contributed by atoms with Gasteiger partial charge in [-0.3, -0.25) is 0 Å². The molecule has 1 aromatic carbocycles. The van der Waals surface area contributed by atoms with E-state index in [9.17, 15) is 4.39 Å². The van der Waals surface area contributed by atoms with Crippen LogP contribution in [0.1, 0.15) is 18.1 Å². The van der Waals surface area contributed by atoms with E-state index in [4.69, 9.17) is 11.6 Å². The molecule has 0 aliphatic heterocycles. The van der Waals surface area contributed by atoms with Gasteiger partial charge in [-0.05, 0) is 32.0 Å². The van der Waals surface area contributed by atoms with Gasteiger partial charge >= 0.3 is 0 Å². The minimum absolute atomic E-state index is 0.146. The molecule has 0 aliphatic rings. The Morgan fingerprint density at radius 3 is 2.47 bits per heavy atom. The van der Waals surface area contributed by atoms with Crippen molar-refractivity contribution in [1.29, 1.82) is 0 Å². The topological polar surface area (TPSA) is 16.1 Å². The second-order valence-corrected chi connectivity index (χ2v) is 4.59. The number of nitrogens with zero attached hydrogens (tertiary/aromatic N) is 2. The zero-order valence-electron chi connectivity index (χ0n) is 11.0. The van der Waals surface area contributed by atoms with Gasteiger partial charge in [0.15, 0.2) is 11.6 Å². The Bertz CT molecular complexity index is 555. The number of anilines is 2. The summed E-state index contributed by atoms with van der Waals surface area (Å²) in [5.74, 6) is 0.122. The molecule has 2 nitrogen and oxygen atoms in total. The lowest BCUT2D eigenvalue weighted by Crippen LogP contribution is -2.19. The molecule has 1 heterocycles. The van der Waals surface area contributed by atoms with E-state index in [1.165, 1.54) is 5.56 Å². The molecule has 0 N–H and O–H groups in total.